The molecule has 3 unspecified atom stereocenters. The van der Waals surface area contributed by atoms with Gasteiger partial charge < -0.3 is 11.1 Å². The van der Waals surface area contributed by atoms with Crippen molar-refractivity contribution in [2.24, 2.45) is 18.7 Å². The second-order valence-corrected chi connectivity index (χ2v) is 6.61. The number of hydrogen-bond donors (Lipinski definition) is 2. The summed E-state index contributed by atoms with van der Waals surface area (Å²) in [6, 6.07) is 9.47. The first-order valence-corrected chi connectivity index (χ1v) is 8.41. The largest absolute Gasteiger partial charge is 0.353 e. The Morgan fingerprint density at radius 1 is 1.25 bits per heavy atom. The number of carbonyl (C=O) groups excluding carboxylic acids is 1. The molecular weight excluding hydrogens is 300 g/mol. The van der Waals surface area contributed by atoms with Gasteiger partial charge in [-0.25, -0.2) is 0 Å². The smallest absolute Gasteiger partial charge is 0.224 e. The molecule has 5 nitrogen and oxygen atoms in total. The van der Waals surface area contributed by atoms with E-state index in [1.54, 1.807) is 0 Å². The van der Waals surface area contributed by atoms with Crippen LogP contribution in [0.2, 0.25) is 0 Å². The maximum Gasteiger partial charge on any atom is 0.224 e. The van der Waals surface area contributed by atoms with E-state index in [2.05, 4.69) is 17.3 Å². The summed E-state index contributed by atoms with van der Waals surface area (Å²) in [4.78, 5) is 12.5. The highest BCUT2D eigenvalue weighted by molar-refractivity contribution is 5.79. The van der Waals surface area contributed by atoms with E-state index < -0.39 is 0 Å². The van der Waals surface area contributed by atoms with Crippen LogP contribution in [-0.2, 0) is 18.3 Å². The molecule has 0 spiro atoms. The van der Waals surface area contributed by atoms with Crippen LogP contribution in [0.5, 0.6) is 0 Å². The van der Waals surface area contributed by atoms with E-state index in [1.807, 2.05) is 62.8 Å². The fraction of sp³-hybridized carbons (Fsp3) is 0.474. The minimum atomic E-state index is -0.305. The Hall–Kier alpha value is -2.14. The van der Waals surface area contributed by atoms with Crippen molar-refractivity contribution in [2.75, 3.05) is 0 Å². The maximum absolute atomic E-state index is 12.5. The Kier molecular flexibility index (Phi) is 5.78. The first-order valence-electron chi connectivity index (χ1n) is 8.41. The van der Waals surface area contributed by atoms with Gasteiger partial charge in [0.2, 0.25) is 5.91 Å². The van der Waals surface area contributed by atoms with Gasteiger partial charge in [0.15, 0.2) is 0 Å². The highest BCUT2D eigenvalue weighted by atomic mass is 16.1. The molecule has 2 rings (SSSR count). The van der Waals surface area contributed by atoms with Crippen LogP contribution in [0, 0.1) is 19.8 Å². The second-order valence-electron chi connectivity index (χ2n) is 6.61. The van der Waals surface area contributed by atoms with Gasteiger partial charge in [0.05, 0.1) is 11.6 Å². The Balaban J connectivity index is 1.98. The molecule has 1 aromatic heterocycles. The molecule has 0 aliphatic rings. The zero-order valence-corrected chi connectivity index (χ0v) is 15.2. The van der Waals surface area contributed by atoms with E-state index in [-0.39, 0.29) is 23.9 Å². The summed E-state index contributed by atoms with van der Waals surface area (Å²) < 4.78 is 1.88. The lowest BCUT2D eigenvalue weighted by Gasteiger charge is -2.22. The molecule has 130 valence electrons. The first-order chi connectivity index (χ1) is 11.3. The van der Waals surface area contributed by atoms with E-state index in [4.69, 9.17) is 5.73 Å². The molecule has 3 N–H and O–H groups in total. The summed E-state index contributed by atoms with van der Waals surface area (Å²) in [7, 11) is 1.94. The molecule has 2 aromatic rings. The Morgan fingerprint density at radius 3 is 2.42 bits per heavy atom. The van der Waals surface area contributed by atoms with Gasteiger partial charge in [0.25, 0.3) is 0 Å². The van der Waals surface area contributed by atoms with E-state index >= 15 is 0 Å². The van der Waals surface area contributed by atoms with Crippen molar-refractivity contribution < 1.29 is 4.79 Å². The van der Waals surface area contributed by atoms with Crippen molar-refractivity contribution in [3.8, 4) is 0 Å². The normalized spacial score (nSPS) is 14.9. The average molecular weight is 328 g/mol. The average Bonchev–Trinajstić information content (AvgIpc) is 2.80. The molecule has 0 aliphatic heterocycles. The zero-order chi connectivity index (χ0) is 17.9. The van der Waals surface area contributed by atoms with Gasteiger partial charge in [0.1, 0.15) is 0 Å². The fourth-order valence-electron chi connectivity index (χ4n) is 2.97. The standard InChI is InChI=1S/C19H28N4O/c1-12(11-17-14(3)22-23(5)15(17)4)21-19(24)13(2)18(20)16-9-7-6-8-10-16/h6-10,12-13,18H,11,20H2,1-5H3,(H,21,24). The predicted molar refractivity (Wildman–Crippen MR) is 96.5 cm³/mol. The van der Waals surface area contributed by atoms with Crippen LogP contribution in [0.4, 0.5) is 0 Å². The van der Waals surface area contributed by atoms with Gasteiger partial charge in [-0.1, -0.05) is 37.3 Å². The third-order valence-corrected chi connectivity index (χ3v) is 4.69. The third kappa shape index (κ3) is 4.03. The molecule has 0 saturated heterocycles. The molecule has 0 saturated carbocycles. The minimum absolute atomic E-state index is 0.0157. The number of aromatic nitrogens is 2. The molecule has 0 radical (unpaired) electrons. The van der Waals surface area contributed by atoms with Gasteiger partial charge in [0, 0.05) is 24.8 Å². The van der Waals surface area contributed by atoms with Gasteiger partial charge in [-0.3, -0.25) is 9.48 Å². The molecule has 0 aliphatic carbocycles. The summed E-state index contributed by atoms with van der Waals surface area (Å²) in [5.41, 5.74) is 10.6. The molecule has 0 bridgehead atoms. The Morgan fingerprint density at radius 2 is 1.88 bits per heavy atom. The molecule has 24 heavy (non-hydrogen) atoms. The van der Waals surface area contributed by atoms with Crippen LogP contribution < -0.4 is 11.1 Å². The maximum atomic E-state index is 12.5. The monoisotopic (exact) mass is 328 g/mol. The molecule has 5 heteroatoms. The van der Waals surface area contributed by atoms with Gasteiger partial charge in [-0.15, -0.1) is 0 Å². The van der Waals surface area contributed by atoms with Crippen molar-refractivity contribution in [1.82, 2.24) is 15.1 Å². The number of benzene rings is 1. The number of aryl methyl sites for hydroxylation is 2. The lowest BCUT2D eigenvalue weighted by molar-refractivity contribution is -0.125. The predicted octanol–water partition coefficient (Wildman–Crippen LogP) is 2.42. The van der Waals surface area contributed by atoms with E-state index in [9.17, 15) is 4.79 Å². The summed E-state index contributed by atoms with van der Waals surface area (Å²) in [5.74, 6) is -0.302. The number of carbonyl (C=O) groups is 1. The van der Waals surface area contributed by atoms with Gasteiger partial charge in [-0.2, -0.15) is 5.10 Å². The molecule has 1 aromatic carbocycles. The number of hydrogen-bond acceptors (Lipinski definition) is 3. The molecule has 1 amide bonds. The zero-order valence-electron chi connectivity index (χ0n) is 15.2. The third-order valence-electron chi connectivity index (χ3n) is 4.69. The van der Waals surface area contributed by atoms with Gasteiger partial charge in [-0.05, 0) is 38.3 Å². The molecule has 3 atom stereocenters. The highest BCUT2D eigenvalue weighted by Crippen LogP contribution is 2.20. The molecular formula is C19H28N4O. The molecule has 1 heterocycles. The van der Waals surface area contributed by atoms with Crippen molar-refractivity contribution in [3.63, 3.8) is 0 Å². The number of nitrogens with zero attached hydrogens (tertiary/aromatic N) is 2. The number of amides is 1. The van der Waals surface area contributed by atoms with Crippen LogP contribution in [-0.4, -0.2) is 21.7 Å². The fourth-order valence-corrected chi connectivity index (χ4v) is 2.97. The summed E-state index contributed by atoms with van der Waals surface area (Å²) >= 11 is 0. The number of nitrogens with one attached hydrogen (secondary N) is 1. The lowest BCUT2D eigenvalue weighted by atomic mass is 9.94. The summed E-state index contributed by atoms with van der Waals surface area (Å²) in [6.07, 6.45) is 0.768. The van der Waals surface area contributed by atoms with Crippen LogP contribution in [0.3, 0.4) is 0 Å². The Bertz CT molecular complexity index is 693. The van der Waals surface area contributed by atoms with Crippen molar-refractivity contribution in [3.05, 3.63) is 52.8 Å². The van der Waals surface area contributed by atoms with Crippen LogP contribution in [0.15, 0.2) is 30.3 Å². The number of rotatable bonds is 6. The van der Waals surface area contributed by atoms with E-state index in [0.29, 0.717) is 0 Å². The lowest BCUT2D eigenvalue weighted by Crippen LogP contribution is -2.41. The van der Waals surface area contributed by atoms with Crippen LogP contribution >= 0.6 is 0 Å². The SMILES string of the molecule is Cc1nn(C)c(C)c1CC(C)NC(=O)C(C)C(N)c1ccccc1. The quantitative estimate of drug-likeness (QED) is 0.855. The topological polar surface area (TPSA) is 72.9 Å². The van der Waals surface area contributed by atoms with E-state index in [1.165, 1.54) is 5.56 Å². The van der Waals surface area contributed by atoms with Crippen LogP contribution in [0.1, 0.15) is 42.4 Å². The van der Waals surface area contributed by atoms with Crippen molar-refractivity contribution in [2.45, 2.75) is 46.2 Å². The highest BCUT2D eigenvalue weighted by Gasteiger charge is 2.24. The van der Waals surface area contributed by atoms with Crippen molar-refractivity contribution in [1.29, 1.82) is 0 Å². The van der Waals surface area contributed by atoms with Crippen molar-refractivity contribution >= 4 is 5.91 Å². The van der Waals surface area contributed by atoms with Gasteiger partial charge >= 0.3 is 0 Å². The first kappa shape index (κ1) is 18.2. The van der Waals surface area contributed by atoms with Crippen LogP contribution in [0.25, 0.3) is 0 Å². The molecule has 0 fully saturated rings. The Labute approximate surface area is 144 Å². The summed E-state index contributed by atoms with van der Waals surface area (Å²) in [5, 5.41) is 7.52. The summed E-state index contributed by atoms with van der Waals surface area (Å²) in [6.45, 7) is 7.95. The number of nitrogens with two attached hydrogens (primary N) is 1. The van der Waals surface area contributed by atoms with E-state index in [0.717, 1.165) is 23.4 Å². The minimum Gasteiger partial charge on any atom is -0.353 e. The second kappa shape index (κ2) is 7.62.